The highest BCUT2D eigenvalue weighted by atomic mass is 35.5. The molecule has 0 saturated heterocycles. The number of ether oxygens (including phenoxy) is 1. The zero-order valence-corrected chi connectivity index (χ0v) is 16.3. The number of fused-ring (bicyclic) bond motifs is 1. The highest BCUT2D eigenvalue weighted by Crippen LogP contribution is 2.42. The maximum Gasteiger partial charge on any atom is 0.248 e. The van der Waals surface area contributed by atoms with Gasteiger partial charge in [0.1, 0.15) is 18.4 Å². The van der Waals surface area contributed by atoms with Crippen molar-refractivity contribution in [3.05, 3.63) is 76.0 Å². The Balaban J connectivity index is 1.56. The van der Waals surface area contributed by atoms with E-state index in [1.807, 2.05) is 48.5 Å². The van der Waals surface area contributed by atoms with Gasteiger partial charge in [0.25, 0.3) is 0 Å². The van der Waals surface area contributed by atoms with E-state index < -0.39 is 6.04 Å². The molecule has 1 aliphatic carbocycles. The number of rotatable bonds is 4. The predicted octanol–water partition coefficient (Wildman–Crippen LogP) is 3.93. The topological polar surface area (TPSA) is 81.9 Å². The zero-order chi connectivity index (χ0) is 19.8. The van der Waals surface area contributed by atoms with Gasteiger partial charge in [0.05, 0.1) is 0 Å². The van der Waals surface area contributed by atoms with Crippen LogP contribution < -0.4 is 10.1 Å². The molecule has 5 rings (SSSR count). The number of nitrogens with zero attached hydrogens (tertiary/aromatic N) is 4. The van der Waals surface area contributed by atoms with Crippen LogP contribution in [0.15, 0.2) is 59.8 Å². The summed E-state index contributed by atoms with van der Waals surface area (Å²) in [5, 5.41) is 15.9. The molecule has 0 spiro atoms. The summed E-state index contributed by atoms with van der Waals surface area (Å²) < 4.78 is 7.80. The number of carbonyl (C=O) groups excluding carboxylic acids is 1. The van der Waals surface area contributed by atoms with Crippen LogP contribution in [0.3, 0.4) is 0 Å². The van der Waals surface area contributed by atoms with Crippen LogP contribution in [0.1, 0.15) is 36.4 Å². The number of hydrogen-bond acceptors (Lipinski definition) is 6. The molecule has 1 atom stereocenters. The Morgan fingerprint density at radius 2 is 1.97 bits per heavy atom. The minimum Gasteiger partial charge on any atom is -0.488 e. The number of aromatic nitrogens is 4. The van der Waals surface area contributed by atoms with Crippen LogP contribution in [0.4, 0.5) is 5.95 Å². The summed E-state index contributed by atoms with van der Waals surface area (Å²) in [6.07, 6.45) is 2.15. The molecule has 1 N–H and O–H groups in total. The van der Waals surface area contributed by atoms with Gasteiger partial charge in [-0.1, -0.05) is 53.1 Å². The molecular weight excluding hydrogens is 390 g/mol. The lowest BCUT2D eigenvalue weighted by molar-refractivity contribution is -0.116. The molecule has 0 saturated carbocycles. The predicted molar refractivity (Wildman–Crippen MR) is 108 cm³/mol. The van der Waals surface area contributed by atoms with Crippen LogP contribution in [0, 0.1) is 0 Å². The molecule has 8 heteroatoms. The highest BCUT2D eigenvalue weighted by Gasteiger charge is 2.37. The van der Waals surface area contributed by atoms with Crippen LogP contribution in [0.25, 0.3) is 0 Å². The molecule has 2 heterocycles. The number of para-hydroxylation sites is 1. The fraction of sp³-hybridized carbons (Fsp3) is 0.238. The van der Waals surface area contributed by atoms with Crippen molar-refractivity contribution in [3.8, 4) is 5.75 Å². The van der Waals surface area contributed by atoms with Crippen molar-refractivity contribution in [1.29, 1.82) is 0 Å². The monoisotopic (exact) mass is 407 g/mol. The van der Waals surface area contributed by atoms with E-state index in [2.05, 4.69) is 20.8 Å². The minimum atomic E-state index is -0.425. The van der Waals surface area contributed by atoms with Crippen molar-refractivity contribution in [2.45, 2.75) is 31.9 Å². The first kappa shape index (κ1) is 17.9. The summed E-state index contributed by atoms with van der Waals surface area (Å²) in [5.41, 5.74) is 3.35. The van der Waals surface area contributed by atoms with Gasteiger partial charge in [-0.3, -0.25) is 4.79 Å². The molecule has 1 unspecified atom stereocenters. The smallest absolute Gasteiger partial charge is 0.248 e. The number of nitrogens with one attached hydrogen (secondary N) is 1. The molecule has 0 bridgehead atoms. The van der Waals surface area contributed by atoms with E-state index in [-0.39, 0.29) is 5.78 Å². The standard InChI is InChI=1S/C21H18ClN5O2/c22-15-8-3-1-6-13(15)12-29-18-11-4-2-7-14(18)20-19-16(9-5-10-17(19)28)23-21-24-25-26-27(20)21/h1-4,6-8,11,20H,5,9-10,12H2,(H,23,24,26). The van der Waals surface area contributed by atoms with Crippen molar-refractivity contribution < 1.29 is 9.53 Å². The van der Waals surface area contributed by atoms with Gasteiger partial charge in [-0.15, -0.1) is 0 Å². The number of benzene rings is 2. The molecule has 7 nitrogen and oxygen atoms in total. The second-order valence-electron chi connectivity index (χ2n) is 7.06. The second kappa shape index (κ2) is 7.33. The lowest BCUT2D eigenvalue weighted by atomic mass is 9.85. The number of Topliss-reactive ketones (excluding diaryl/α,β-unsaturated/α-hetero) is 1. The van der Waals surface area contributed by atoms with Gasteiger partial charge in [-0.25, -0.2) is 0 Å². The molecule has 0 radical (unpaired) electrons. The number of hydrogen-bond donors (Lipinski definition) is 1. The number of allylic oxidation sites excluding steroid dienone is 2. The van der Waals surface area contributed by atoms with Crippen molar-refractivity contribution >= 4 is 23.3 Å². The van der Waals surface area contributed by atoms with Crippen molar-refractivity contribution in [1.82, 2.24) is 20.2 Å². The minimum absolute atomic E-state index is 0.116. The summed E-state index contributed by atoms with van der Waals surface area (Å²) >= 11 is 6.27. The fourth-order valence-electron chi connectivity index (χ4n) is 3.91. The molecule has 1 aliphatic heterocycles. The Kier molecular flexibility index (Phi) is 4.52. The van der Waals surface area contributed by atoms with Gasteiger partial charge in [-0.05, 0) is 35.4 Å². The molecular formula is C21H18ClN5O2. The molecule has 2 aromatic carbocycles. The molecule has 1 aromatic heterocycles. The van der Waals surface area contributed by atoms with Crippen LogP contribution in [0.5, 0.6) is 5.75 Å². The zero-order valence-electron chi connectivity index (χ0n) is 15.5. The van der Waals surface area contributed by atoms with Crippen molar-refractivity contribution in [2.24, 2.45) is 0 Å². The molecule has 3 aromatic rings. The van der Waals surface area contributed by atoms with Crippen LogP contribution in [-0.4, -0.2) is 26.0 Å². The molecule has 29 heavy (non-hydrogen) atoms. The highest BCUT2D eigenvalue weighted by molar-refractivity contribution is 6.31. The van der Waals surface area contributed by atoms with E-state index >= 15 is 0 Å². The second-order valence-corrected chi connectivity index (χ2v) is 7.47. The number of carbonyl (C=O) groups is 1. The quantitative estimate of drug-likeness (QED) is 0.705. The summed E-state index contributed by atoms with van der Waals surface area (Å²) in [4.78, 5) is 12.8. The van der Waals surface area contributed by atoms with Crippen LogP contribution in [0.2, 0.25) is 5.02 Å². The summed E-state index contributed by atoms with van der Waals surface area (Å²) in [5.74, 6) is 1.32. The number of anilines is 1. The Morgan fingerprint density at radius 3 is 2.86 bits per heavy atom. The van der Waals surface area contributed by atoms with E-state index in [1.165, 1.54) is 0 Å². The van der Waals surface area contributed by atoms with Crippen molar-refractivity contribution in [2.75, 3.05) is 5.32 Å². The largest absolute Gasteiger partial charge is 0.488 e. The van der Waals surface area contributed by atoms with E-state index in [1.54, 1.807) is 4.68 Å². The Bertz CT molecular complexity index is 1120. The van der Waals surface area contributed by atoms with Gasteiger partial charge < -0.3 is 10.1 Å². The van der Waals surface area contributed by atoms with E-state index in [0.29, 0.717) is 35.3 Å². The SMILES string of the molecule is O=C1CCCC2=C1C(c1ccccc1OCc1ccccc1Cl)n1nnnc1N2. The number of tetrazole rings is 1. The van der Waals surface area contributed by atoms with Gasteiger partial charge in [0.2, 0.25) is 5.95 Å². The van der Waals surface area contributed by atoms with Gasteiger partial charge in [0.15, 0.2) is 5.78 Å². The third-order valence-electron chi connectivity index (χ3n) is 5.28. The average Bonchev–Trinajstić information content (AvgIpc) is 3.20. The maximum atomic E-state index is 12.8. The van der Waals surface area contributed by atoms with Crippen molar-refractivity contribution in [3.63, 3.8) is 0 Å². The summed E-state index contributed by atoms with van der Waals surface area (Å²) in [7, 11) is 0. The molecule has 2 aliphatic rings. The van der Waals surface area contributed by atoms with Crippen LogP contribution >= 0.6 is 11.6 Å². The lowest BCUT2D eigenvalue weighted by Crippen LogP contribution is -2.31. The Morgan fingerprint density at radius 1 is 1.14 bits per heavy atom. The van der Waals surface area contributed by atoms with Gasteiger partial charge in [-0.2, -0.15) is 4.68 Å². The molecule has 0 amide bonds. The van der Waals surface area contributed by atoms with E-state index in [4.69, 9.17) is 16.3 Å². The average molecular weight is 408 g/mol. The molecule has 146 valence electrons. The number of ketones is 1. The maximum absolute atomic E-state index is 12.8. The van der Waals surface area contributed by atoms with E-state index in [0.717, 1.165) is 29.7 Å². The molecule has 0 fully saturated rings. The summed E-state index contributed by atoms with van der Waals surface area (Å²) in [6.45, 7) is 0.323. The van der Waals surface area contributed by atoms with E-state index in [9.17, 15) is 4.79 Å². The third kappa shape index (κ3) is 3.17. The van der Waals surface area contributed by atoms with Crippen LogP contribution in [-0.2, 0) is 11.4 Å². The first-order valence-electron chi connectivity index (χ1n) is 9.48. The normalized spacial score (nSPS) is 18.1. The summed E-state index contributed by atoms with van der Waals surface area (Å²) in [6, 6.07) is 14.8. The van der Waals surface area contributed by atoms with Gasteiger partial charge >= 0.3 is 0 Å². The Hall–Kier alpha value is -3.19. The third-order valence-corrected chi connectivity index (χ3v) is 5.65. The number of halogens is 1. The Labute approximate surface area is 172 Å². The first-order valence-corrected chi connectivity index (χ1v) is 9.86. The fourth-order valence-corrected chi connectivity index (χ4v) is 4.10. The van der Waals surface area contributed by atoms with Gasteiger partial charge in [0, 0.05) is 33.8 Å². The lowest BCUT2D eigenvalue weighted by Gasteiger charge is -2.32. The first-order chi connectivity index (χ1) is 14.2.